The topological polar surface area (TPSA) is 32.3 Å². The van der Waals surface area contributed by atoms with E-state index in [0.717, 1.165) is 17.4 Å². The Morgan fingerprint density at radius 3 is 2.52 bits per heavy atom. The van der Waals surface area contributed by atoms with Crippen molar-refractivity contribution in [2.45, 2.75) is 12.8 Å². The lowest BCUT2D eigenvalue weighted by Crippen LogP contribution is -2.26. The number of carbonyl (C=O) groups is 1. The minimum atomic E-state index is -0.413. The fraction of sp³-hybridized carbons (Fsp3) is 0.278. The predicted octanol–water partition coefficient (Wildman–Crippen LogP) is 4.09. The first-order valence-electron chi connectivity index (χ1n) is 7.52. The van der Waals surface area contributed by atoms with Crippen molar-refractivity contribution < 1.29 is 9.18 Å². The summed E-state index contributed by atoms with van der Waals surface area (Å²) in [5.41, 5.74) is 1.49. The largest absolute Gasteiger partial charge is 0.324 e. The molecule has 2 rings (SSSR count). The number of hydrogen-bond acceptors (Lipinski definition) is 2. The molecule has 0 saturated carbocycles. The van der Waals surface area contributed by atoms with Crippen LogP contribution in [0.1, 0.15) is 12.0 Å². The highest BCUT2D eigenvalue weighted by atomic mass is 79.9. The third-order valence-corrected chi connectivity index (χ3v) is 4.09. The van der Waals surface area contributed by atoms with E-state index in [-0.39, 0.29) is 11.6 Å². The Morgan fingerprint density at radius 1 is 1.13 bits per heavy atom. The van der Waals surface area contributed by atoms with Crippen LogP contribution >= 0.6 is 15.9 Å². The summed E-state index contributed by atoms with van der Waals surface area (Å²) in [7, 11) is 1.98. The molecule has 0 aliphatic heterocycles. The molecule has 3 nitrogen and oxygen atoms in total. The van der Waals surface area contributed by atoms with E-state index < -0.39 is 5.82 Å². The van der Waals surface area contributed by atoms with Crippen LogP contribution in [0.15, 0.2) is 53.0 Å². The highest BCUT2D eigenvalue weighted by Crippen LogP contribution is 2.13. The molecule has 23 heavy (non-hydrogen) atoms. The maximum absolute atomic E-state index is 13.5. The molecular formula is C18H20BrFN2O. The van der Waals surface area contributed by atoms with E-state index in [4.69, 9.17) is 0 Å². The molecule has 0 heterocycles. The second-order valence-corrected chi connectivity index (χ2v) is 6.37. The first-order valence-corrected chi connectivity index (χ1v) is 8.31. The number of likely N-dealkylation sites (N-methyl/N-ethyl adjacent to an activating group) is 1. The highest BCUT2D eigenvalue weighted by molar-refractivity contribution is 9.10. The fourth-order valence-electron chi connectivity index (χ4n) is 2.15. The molecule has 0 aliphatic carbocycles. The summed E-state index contributed by atoms with van der Waals surface area (Å²) in [5, 5.41) is 2.60. The van der Waals surface area contributed by atoms with Crippen LogP contribution in [0.4, 0.5) is 10.1 Å². The molecule has 0 aliphatic rings. The van der Waals surface area contributed by atoms with Crippen LogP contribution in [-0.2, 0) is 11.2 Å². The van der Waals surface area contributed by atoms with Gasteiger partial charge in [0.05, 0.1) is 5.69 Å². The molecule has 2 aromatic carbocycles. The number of carbonyl (C=O) groups excluding carboxylic acids is 1. The lowest BCUT2D eigenvalue weighted by Gasteiger charge is -2.16. The Hall–Kier alpha value is -1.72. The number of anilines is 1. The van der Waals surface area contributed by atoms with Crippen LogP contribution in [0.25, 0.3) is 0 Å². The van der Waals surface area contributed by atoms with Crippen LogP contribution in [0.5, 0.6) is 0 Å². The van der Waals surface area contributed by atoms with Gasteiger partial charge in [-0.05, 0) is 43.3 Å². The smallest absolute Gasteiger partial charge is 0.225 e. The van der Waals surface area contributed by atoms with Crippen molar-refractivity contribution in [1.29, 1.82) is 0 Å². The zero-order valence-electron chi connectivity index (χ0n) is 13.1. The number of nitrogens with one attached hydrogen (secondary N) is 1. The van der Waals surface area contributed by atoms with Gasteiger partial charge in [0.25, 0.3) is 0 Å². The minimum absolute atomic E-state index is 0.175. The minimum Gasteiger partial charge on any atom is -0.324 e. The molecule has 0 radical (unpaired) electrons. The van der Waals surface area contributed by atoms with Gasteiger partial charge in [0, 0.05) is 24.0 Å². The van der Waals surface area contributed by atoms with Gasteiger partial charge in [0.1, 0.15) is 5.82 Å². The van der Waals surface area contributed by atoms with E-state index in [9.17, 15) is 9.18 Å². The molecule has 0 unspecified atom stereocenters. The molecule has 0 bridgehead atoms. The Balaban J connectivity index is 1.71. The van der Waals surface area contributed by atoms with Crippen molar-refractivity contribution in [3.8, 4) is 0 Å². The molecule has 0 aromatic heterocycles. The van der Waals surface area contributed by atoms with E-state index in [1.54, 1.807) is 18.2 Å². The summed E-state index contributed by atoms with van der Waals surface area (Å²) in [4.78, 5) is 14.0. The number of nitrogens with zero attached hydrogens (tertiary/aromatic N) is 1. The second-order valence-electron chi connectivity index (χ2n) is 5.46. The van der Waals surface area contributed by atoms with Crippen molar-refractivity contribution in [3.05, 3.63) is 64.4 Å². The maximum Gasteiger partial charge on any atom is 0.225 e. The first-order chi connectivity index (χ1) is 11.0. The van der Waals surface area contributed by atoms with Crippen molar-refractivity contribution in [2.24, 2.45) is 0 Å². The Morgan fingerprint density at radius 2 is 1.83 bits per heavy atom. The fourth-order valence-corrected chi connectivity index (χ4v) is 2.41. The summed E-state index contributed by atoms with van der Waals surface area (Å²) in [5.74, 6) is -0.588. The SMILES string of the molecule is CN(CCC(=O)Nc1ccccc1F)CCc1ccc(Br)cc1. The third-order valence-electron chi connectivity index (χ3n) is 3.56. The lowest BCUT2D eigenvalue weighted by atomic mass is 10.1. The van der Waals surface area contributed by atoms with Crippen LogP contribution in [0.2, 0.25) is 0 Å². The van der Waals surface area contributed by atoms with Crippen molar-refractivity contribution >= 4 is 27.5 Å². The normalized spacial score (nSPS) is 10.8. The summed E-state index contributed by atoms with van der Waals surface area (Å²) >= 11 is 3.42. The molecule has 0 fully saturated rings. The van der Waals surface area contributed by atoms with Crippen LogP contribution in [0.3, 0.4) is 0 Å². The average molecular weight is 379 g/mol. The van der Waals surface area contributed by atoms with Gasteiger partial charge in [0.2, 0.25) is 5.91 Å². The highest BCUT2D eigenvalue weighted by Gasteiger charge is 2.08. The monoisotopic (exact) mass is 378 g/mol. The predicted molar refractivity (Wildman–Crippen MR) is 95.0 cm³/mol. The Bertz CT molecular complexity index is 646. The number of rotatable bonds is 7. The summed E-state index contributed by atoms with van der Waals surface area (Å²) < 4.78 is 14.5. The number of hydrogen-bond donors (Lipinski definition) is 1. The van der Waals surface area contributed by atoms with Gasteiger partial charge in [-0.2, -0.15) is 0 Å². The molecular weight excluding hydrogens is 359 g/mol. The van der Waals surface area contributed by atoms with Crippen LogP contribution < -0.4 is 5.32 Å². The Labute approximate surface area is 144 Å². The molecule has 0 spiro atoms. The van der Waals surface area contributed by atoms with E-state index in [1.807, 2.05) is 19.2 Å². The van der Waals surface area contributed by atoms with E-state index in [2.05, 4.69) is 38.3 Å². The van der Waals surface area contributed by atoms with E-state index >= 15 is 0 Å². The van der Waals surface area contributed by atoms with E-state index in [1.165, 1.54) is 11.6 Å². The lowest BCUT2D eigenvalue weighted by molar-refractivity contribution is -0.116. The summed E-state index contributed by atoms with van der Waals surface area (Å²) in [6.07, 6.45) is 1.27. The molecule has 1 amide bonds. The molecule has 5 heteroatoms. The second kappa shape index (κ2) is 8.79. The van der Waals surface area contributed by atoms with Gasteiger partial charge in [-0.25, -0.2) is 4.39 Å². The summed E-state index contributed by atoms with van der Waals surface area (Å²) in [6, 6.07) is 14.4. The molecule has 0 saturated heterocycles. The third kappa shape index (κ3) is 6.12. The van der Waals surface area contributed by atoms with Crippen LogP contribution in [0, 0.1) is 5.82 Å². The Kier molecular flexibility index (Phi) is 6.74. The summed E-state index contributed by atoms with van der Waals surface area (Å²) in [6.45, 7) is 1.51. The van der Waals surface area contributed by atoms with Crippen LogP contribution in [-0.4, -0.2) is 30.9 Å². The number of amides is 1. The zero-order valence-corrected chi connectivity index (χ0v) is 14.6. The van der Waals surface area contributed by atoms with E-state index in [0.29, 0.717) is 13.0 Å². The number of benzene rings is 2. The van der Waals surface area contributed by atoms with Gasteiger partial charge < -0.3 is 10.2 Å². The average Bonchev–Trinajstić information content (AvgIpc) is 2.54. The van der Waals surface area contributed by atoms with Gasteiger partial charge in [-0.15, -0.1) is 0 Å². The maximum atomic E-state index is 13.5. The molecule has 2 aromatic rings. The zero-order chi connectivity index (χ0) is 16.7. The molecule has 1 N–H and O–H groups in total. The van der Waals surface area contributed by atoms with Crippen molar-refractivity contribution in [3.63, 3.8) is 0 Å². The quantitative estimate of drug-likeness (QED) is 0.786. The number of halogens is 2. The van der Waals surface area contributed by atoms with Gasteiger partial charge >= 0.3 is 0 Å². The molecule has 0 atom stereocenters. The van der Waals surface area contributed by atoms with Crippen molar-refractivity contribution in [2.75, 3.05) is 25.5 Å². The first kappa shape index (κ1) is 17.6. The number of para-hydroxylation sites is 1. The standard InChI is InChI=1S/C18H20BrFN2O/c1-22(12-10-14-6-8-15(19)9-7-14)13-11-18(23)21-17-5-3-2-4-16(17)20/h2-9H,10-13H2,1H3,(H,21,23). The van der Waals surface area contributed by atoms with Gasteiger partial charge in [0.15, 0.2) is 0 Å². The van der Waals surface area contributed by atoms with Crippen molar-refractivity contribution in [1.82, 2.24) is 4.90 Å². The van der Waals surface area contributed by atoms with Gasteiger partial charge in [-0.3, -0.25) is 4.79 Å². The molecule has 122 valence electrons. The van der Waals surface area contributed by atoms with Gasteiger partial charge in [-0.1, -0.05) is 40.2 Å².